The van der Waals surface area contributed by atoms with Crippen LogP contribution in [0.25, 0.3) is 0 Å². The van der Waals surface area contributed by atoms with Crippen molar-refractivity contribution in [3.05, 3.63) is 129 Å². The van der Waals surface area contributed by atoms with Crippen molar-refractivity contribution < 1.29 is 29.1 Å². The Labute approximate surface area is 319 Å². The molecule has 9 rings (SSSR count). The third-order valence-electron chi connectivity index (χ3n) is 12.6. The summed E-state index contributed by atoms with van der Waals surface area (Å²) in [7, 11) is 0. The number of phenolic OH excluding ortho intramolecular Hbond substituents is 1. The van der Waals surface area contributed by atoms with E-state index in [2.05, 4.69) is 77.8 Å². The summed E-state index contributed by atoms with van der Waals surface area (Å²) in [5.74, 6) is -1.44. The summed E-state index contributed by atoms with van der Waals surface area (Å²) in [5.41, 5.74) is 8.18. The molecule has 11 heteroatoms. The van der Waals surface area contributed by atoms with E-state index in [-0.39, 0.29) is 47.8 Å². The van der Waals surface area contributed by atoms with E-state index in [4.69, 9.17) is 0 Å². The number of carbonyl (C=O) groups is 5. The van der Waals surface area contributed by atoms with Crippen molar-refractivity contribution in [1.82, 2.24) is 20.0 Å². The van der Waals surface area contributed by atoms with E-state index in [0.717, 1.165) is 47.6 Å². The van der Waals surface area contributed by atoms with Gasteiger partial charge in [0, 0.05) is 56.8 Å². The molecular formula is C44H43N5O6. The van der Waals surface area contributed by atoms with Crippen LogP contribution in [-0.4, -0.2) is 88.1 Å². The van der Waals surface area contributed by atoms with Gasteiger partial charge in [-0.2, -0.15) is 0 Å². The molecule has 55 heavy (non-hydrogen) atoms. The SMILES string of the molecule is C[C@]1(c2ccc(N3CCN(C(=O)CN4Cc5cc6c(cc5C4)C(=O)N(C4CCC(=O)NC4=O)C6=O)CC3)cc2)c2ccc(O)cc2CC[C@@H]1c1ccccc1. The molecule has 1 aliphatic carbocycles. The second-order valence-corrected chi connectivity index (χ2v) is 15.7. The molecule has 0 saturated carbocycles. The highest BCUT2D eigenvalue weighted by Gasteiger charge is 2.46. The van der Waals surface area contributed by atoms with Gasteiger partial charge in [0.1, 0.15) is 11.8 Å². The Bertz CT molecular complexity index is 2200. The van der Waals surface area contributed by atoms with Crippen LogP contribution < -0.4 is 10.2 Å². The molecule has 11 nitrogen and oxygen atoms in total. The number of rotatable bonds is 6. The Morgan fingerprint density at radius 1 is 0.782 bits per heavy atom. The molecule has 0 radical (unpaired) electrons. The highest BCUT2D eigenvalue weighted by atomic mass is 16.3. The molecule has 0 bridgehead atoms. The van der Waals surface area contributed by atoms with Crippen molar-refractivity contribution in [3.8, 4) is 5.75 Å². The number of piperazine rings is 1. The van der Waals surface area contributed by atoms with Crippen LogP contribution in [0.2, 0.25) is 0 Å². The average molecular weight is 738 g/mol. The lowest BCUT2D eigenvalue weighted by atomic mass is 9.59. The van der Waals surface area contributed by atoms with Crippen LogP contribution in [0.4, 0.5) is 5.69 Å². The second-order valence-electron chi connectivity index (χ2n) is 15.7. The fourth-order valence-electron chi connectivity index (χ4n) is 9.69. The van der Waals surface area contributed by atoms with Crippen LogP contribution in [-0.2, 0) is 39.3 Å². The van der Waals surface area contributed by atoms with E-state index in [1.165, 1.54) is 22.3 Å². The summed E-state index contributed by atoms with van der Waals surface area (Å²) < 4.78 is 0. The molecular weight excluding hydrogens is 695 g/mol. The predicted octanol–water partition coefficient (Wildman–Crippen LogP) is 4.49. The van der Waals surface area contributed by atoms with Crippen LogP contribution >= 0.6 is 0 Å². The molecule has 0 spiro atoms. The lowest BCUT2D eigenvalue weighted by molar-refractivity contribution is -0.136. The quantitative estimate of drug-likeness (QED) is 0.277. The van der Waals surface area contributed by atoms with Gasteiger partial charge in [-0.05, 0) is 95.0 Å². The van der Waals surface area contributed by atoms with Crippen molar-refractivity contribution >= 4 is 35.2 Å². The van der Waals surface area contributed by atoms with E-state index < -0.39 is 29.7 Å². The van der Waals surface area contributed by atoms with Gasteiger partial charge in [0.25, 0.3) is 11.8 Å². The molecule has 4 aromatic rings. The number of imide groups is 2. The van der Waals surface area contributed by atoms with Crippen LogP contribution in [0.3, 0.4) is 0 Å². The number of fused-ring (bicyclic) bond motifs is 3. The predicted molar refractivity (Wildman–Crippen MR) is 205 cm³/mol. The summed E-state index contributed by atoms with van der Waals surface area (Å²) in [5, 5.41) is 12.5. The molecule has 0 aromatic heterocycles. The first kappa shape index (κ1) is 34.9. The highest BCUT2D eigenvalue weighted by Crippen LogP contribution is 2.51. The van der Waals surface area contributed by atoms with E-state index in [0.29, 0.717) is 31.9 Å². The summed E-state index contributed by atoms with van der Waals surface area (Å²) in [6.45, 7) is 6.20. The van der Waals surface area contributed by atoms with Crippen molar-refractivity contribution in [3.63, 3.8) is 0 Å². The number of piperidine rings is 1. The Kier molecular flexibility index (Phi) is 8.57. The Hall–Kier alpha value is -5.81. The summed E-state index contributed by atoms with van der Waals surface area (Å²) in [6, 6.07) is 27.9. The van der Waals surface area contributed by atoms with Crippen molar-refractivity contribution in [1.29, 1.82) is 0 Å². The number of amides is 5. The van der Waals surface area contributed by atoms with Gasteiger partial charge in [-0.15, -0.1) is 0 Å². The lowest BCUT2D eigenvalue weighted by Gasteiger charge is -2.44. The molecule has 2 fully saturated rings. The first-order valence-corrected chi connectivity index (χ1v) is 19.2. The maximum absolute atomic E-state index is 13.5. The van der Waals surface area contributed by atoms with Gasteiger partial charge >= 0.3 is 0 Å². The smallest absolute Gasteiger partial charge is 0.262 e. The number of phenols is 1. The third kappa shape index (κ3) is 5.97. The third-order valence-corrected chi connectivity index (χ3v) is 12.6. The maximum Gasteiger partial charge on any atom is 0.262 e. The van der Waals surface area contributed by atoms with Crippen molar-refractivity contribution in [2.45, 2.75) is 63.1 Å². The summed E-state index contributed by atoms with van der Waals surface area (Å²) in [4.78, 5) is 71.5. The normalized spacial score (nSPS) is 23.8. The molecule has 5 amide bonds. The zero-order valence-corrected chi connectivity index (χ0v) is 30.8. The molecule has 4 aromatic carbocycles. The topological polar surface area (TPSA) is 131 Å². The summed E-state index contributed by atoms with van der Waals surface area (Å²) in [6.07, 6.45) is 2.10. The Morgan fingerprint density at radius 2 is 1.45 bits per heavy atom. The number of carbonyl (C=O) groups excluding carboxylic acids is 5. The molecule has 2 N–H and O–H groups in total. The molecule has 5 aliphatic rings. The van der Waals surface area contributed by atoms with Crippen molar-refractivity contribution in [2.24, 2.45) is 0 Å². The van der Waals surface area contributed by atoms with Crippen LogP contribution in [0.1, 0.15) is 86.2 Å². The minimum absolute atomic E-state index is 0.0495. The van der Waals surface area contributed by atoms with Crippen LogP contribution in [0.15, 0.2) is 84.9 Å². The van der Waals surface area contributed by atoms with Crippen LogP contribution in [0.5, 0.6) is 5.75 Å². The Morgan fingerprint density at radius 3 is 2.11 bits per heavy atom. The molecule has 3 atom stereocenters. The number of benzene rings is 4. The van der Waals surface area contributed by atoms with Gasteiger partial charge in [-0.1, -0.05) is 55.5 Å². The van der Waals surface area contributed by atoms with Gasteiger partial charge < -0.3 is 14.9 Å². The maximum atomic E-state index is 13.5. The number of anilines is 1. The van der Waals surface area contributed by atoms with Gasteiger partial charge in [-0.3, -0.25) is 39.1 Å². The molecule has 4 heterocycles. The Balaban J connectivity index is 0.833. The number of hydrogen-bond acceptors (Lipinski definition) is 8. The van der Waals surface area contributed by atoms with E-state index in [1.54, 1.807) is 18.2 Å². The first-order valence-electron chi connectivity index (χ1n) is 19.2. The van der Waals surface area contributed by atoms with Crippen molar-refractivity contribution in [2.75, 3.05) is 37.6 Å². The lowest BCUT2D eigenvalue weighted by Crippen LogP contribution is -2.54. The fraction of sp³-hybridized carbons (Fsp3) is 0.341. The van der Waals surface area contributed by atoms with Gasteiger partial charge in [0.05, 0.1) is 17.7 Å². The number of hydrogen-bond donors (Lipinski definition) is 2. The number of nitrogens with zero attached hydrogens (tertiary/aromatic N) is 4. The van der Waals surface area contributed by atoms with Gasteiger partial charge in [0.15, 0.2) is 0 Å². The van der Waals surface area contributed by atoms with Gasteiger partial charge in [-0.25, -0.2) is 0 Å². The summed E-state index contributed by atoms with van der Waals surface area (Å²) >= 11 is 0. The number of nitrogens with one attached hydrogen (secondary N) is 1. The largest absolute Gasteiger partial charge is 0.508 e. The number of aryl methyl sites for hydroxylation is 1. The molecule has 1 unspecified atom stereocenters. The zero-order chi connectivity index (χ0) is 38.0. The second kappa shape index (κ2) is 13.5. The zero-order valence-electron chi connectivity index (χ0n) is 30.8. The first-order chi connectivity index (χ1) is 26.6. The average Bonchev–Trinajstić information content (AvgIpc) is 3.70. The molecule has 280 valence electrons. The van der Waals surface area contributed by atoms with E-state index >= 15 is 0 Å². The van der Waals surface area contributed by atoms with E-state index in [1.807, 2.05) is 15.9 Å². The molecule has 2 saturated heterocycles. The van der Waals surface area contributed by atoms with E-state index in [9.17, 15) is 29.1 Å². The minimum atomic E-state index is -0.998. The van der Waals surface area contributed by atoms with Crippen LogP contribution in [0, 0.1) is 0 Å². The standard InChI is InChI=1S/C44H43N5O6/c1-44(36(27-5-3-2-4-6-27)13-7-28-21-33(50)12-14-37(28)44)31-8-10-32(11-9-31)47-17-19-48(20-18-47)40(52)26-46-24-29-22-34-35(23-30(29)25-46)43(55)49(42(34)54)38-15-16-39(51)45-41(38)53/h2-6,8-12,14,21-23,36,38,50H,7,13,15-20,24-26H2,1H3,(H,45,51,53)/t36-,38?,44-/m1/s1. The molecule has 4 aliphatic heterocycles. The number of aromatic hydroxyl groups is 1. The minimum Gasteiger partial charge on any atom is -0.508 e. The van der Waals surface area contributed by atoms with Gasteiger partial charge in [0.2, 0.25) is 17.7 Å². The monoisotopic (exact) mass is 737 g/mol. The fourth-order valence-corrected chi connectivity index (χ4v) is 9.69. The highest BCUT2D eigenvalue weighted by molar-refractivity contribution is 6.23.